The SMILES string of the molecule is Cc1[nH]nc(C(F)(F)F)c1NC(=O)c1ccn(COc2ccc(Br)cc2)n1. The molecule has 27 heavy (non-hydrogen) atoms. The van der Waals surface area contributed by atoms with Gasteiger partial charge in [-0.05, 0) is 37.3 Å². The van der Waals surface area contributed by atoms with Crippen LogP contribution < -0.4 is 10.1 Å². The fourth-order valence-corrected chi connectivity index (χ4v) is 2.46. The Kier molecular flexibility index (Phi) is 5.22. The van der Waals surface area contributed by atoms with E-state index in [2.05, 4.69) is 36.5 Å². The molecule has 0 aliphatic carbocycles. The third-order valence-electron chi connectivity index (χ3n) is 3.50. The molecule has 0 atom stereocenters. The summed E-state index contributed by atoms with van der Waals surface area (Å²) in [7, 11) is 0. The fourth-order valence-electron chi connectivity index (χ4n) is 2.19. The zero-order valence-corrected chi connectivity index (χ0v) is 15.4. The molecule has 1 aromatic carbocycles. The summed E-state index contributed by atoms with van der Waals surface area (Å²) in [5, 5.41) is 11.6. The number of ether oxygens (including phenoxy) is 1. The van der Waals surface area contributed by atoms with Gasteiger partial charge < -0.3 is 10.1 Å². The van der Waals surface area contributed by atoms with Crippen LogP contribution in [0.5, 0.6) is 5.75 Å². The van der Waals surface area contributed by atoms with Crippen LogP contribution in [0, 0.1) is 6.92 Å². The number of carbonyl (C=O) groups is 1. The van der Waals surface area contributed by atoms with Crippen LogP contribution in [0.25, 0.3) is 0 Å². The third-order valence-corrected chi connectivity index (χ3v) is 4.03. The van der Waals surface area contributed by atoms with Gasteiger partial charge in [-0.2, -0.15) is 23.4 Å². The molecule has 0 saturated carbocycles. The van der Waals surface area contributed by atoms with Crippen LogP contribution >= 0.6 is 15.9 Å². The first-order valence-corrected chi connectivity index (χ1v) is 8.38. The van der Waals surface area contributed by atoms with E-state index in [1.165, 1.54) is 23.9 Å². The fraction of sp³-hybridized carbons (Fsp3) is 0.188. The van der Waals surface area contributed by atoms with Crippen molar-refractivity contribution in [3.05, 3.63) is 58.1 Å². The largest absolute Gasteiger partial charge is 0.471 e. The summed E-state index contributed by atoms with van der Waals surface area (Å²) in [4.78, 5) is 12.2. The molecular formula is C16H13BrF3N5O2. The Morgan fingerprint density at radius 1 is 1.30 bits per heavy atom. The number of nitrogens with zero attached hydrogens (tertiary/aromatic N) is 3. The van der Waals surface area contributed by atoms with Crippen molar-refractivity contribution in [2.75, 3.05) is 5.32 Å². The van der Waals surface area contributed by atoms with Gasteiger partial charge in [-0.1, -0.05) is 15.9 Å². The van der Waals surface area contributed by atoms with Gasteiger partial charge in [0.15, 0.2) is 18.1 Å². The van der Waals surface area contributed by atoms with Gasteiger partial charge in [0.2, 0.25) is 0 Å². The average Bonchev–Trinajstić information content (AvgIpc) is 3.21. The van der Waals surface area contributed by atoms with Gasteiger partial charge in [0.05, 0.1) is 11.4 Å². The molecule has 0 aliphatic rings. The first kappa shape index (κ1) is 19.0. The molecule has 3 aromatic rings. The van der Waals surface area contributed by atoms with E-state index in [9.17, 15) is 18.0 Å². The molecular weight excluding hydrogens is 431 g/mol. The summed E-state index contributed by atoms with van der Waals surface area (Å²) >= 11 is 3.31. The van der Waals surface area contributed by atoms with E-state index in [4.69, 9.17) is 4.74 Å². The summed E-state index contributed by atoms with van der Waals surface area (Å²) in [6.45, 7) is 1.41. The van der Waals surface area contributed by atoms with Gasteiger partial charge in [-0.15, -0.1) is 0 Å². The molecule has 0 spiro atoms. The zero-order chi connectivity index (χ0) is 19.6. The van der Waals surface area contributed by atoms with Crippen LogP contribution in [0.1, 0.15) is 21.9 Å². The Labute approximate surface area is 159 Å². The Morgan fingerprint density at radius 2 is 2.00 bits per heavy atom. The number of anilines is 1. The van der Waals surface area contributed by atoms with Crippen molar-refractivity contribution in [1.82, 2.24) is 20.0 Å². The average molecular weight is 444 g/mol. The summed E-state index contributed by atoms with van der Waals surface area (Å²) in [5.41, 5.74) is -1.57. The van der Waals surface area contributed by atoms with E-state index in [1.54, 1.807) is 12.1 Å². The number of nitrogens with one attached hydrogen (secondary N) is 2. The molecule has 0 aliphatic heterocycles. The Bertz CT molecular complexity index is 950. The lowest BCUT2D eigenvalue weighted by molar-refractivity contribution is -0.140. The van der Waals surface area contributed by atoms with Crippen molar-refractivity contribution < 1.29 is 22.7 Å². The number of carbonyl (C=O) groups excluding carboxylic acids is 1. The number of hydrogen-bond donors (Lipinski definition) is 2. The number of rotatable bonds is 5. The van der Waals surface area contributed by atoms with Crippen LogP contribution in [-0.4, -0.2) is 25.9 Å². The molecule has 0 saturated heterocycles. The second-order valence-electron chi connectivity index (χ2n) is 5.49. The highest BCUT2D eigenvalue weighted by Crippen LogP contribution is 2.34. The molecule has 2 heterocycles. The molecule has 7 nitrogen and oxygen atoms in total. The molecule has 1 amide bonds. The van der Waals surface area contributed by atoms with E-state index in [0.29, 0.717) is 5.75 Å². The second kappa shape index (κ2) is 7.43. The maximum absolute atomic E-state index is 12.9. The first-order chi connectivity index (χ1) is 12.7. The lowest BCUT2D eigenvalue weighted by Gasteiger charge is -2.08. The molecule has 0 bridgehead atoms. The van der Waals surface area contributed by atoms with Crippen molar-refractivity contribution >= 4 is 27.5 Å². The minimum atomic E-state index is -4.69. The molecule has 0 unspecified atom stereocenters. The van der Waals surface area contributed by atoms with Crippen LogP contribution in [0.2, 0.25) is 0 Å². The lowest BCUT2D eigenvalue weighted by atomic mass is 10.2. The van der Waals surface area contributed by atoms with Gasteiger partial charge in [-0.25, -0.2) is 4.68 Å². The van der Waals surface area contributed by atoms with E-state index >= 15 is 0 Å². The first-order valence-electron chi connectivity index (χ1n) is 7.59. The summed E-state index contributed by atoms with van der Waals surface area (Å²) < 4.78 is 46.6. The quantitative estimate of drug-likeness (QED) is 0.624. The minimum Gasteiger partial charge on any atom is -0.471 e. The van der Waals surface area contributed by atoms with Crippen molar-refractivity contribution in [3.8, 4) is 5.75 Å². The van der Waals surface area contributed by atoms with Crippen molar-refractivity contribution in [3.63, 3.8) is 0 Å². The highest BCUT2D eigenvalue weighted by Gasteiger charge is 2.38. The zero-order valence-electron chi connectivity index (χ0n) is 13.8. The maximum Gasteiger partial charge on any atom is 0.437 e. The van der Waals surface area contributed by atoms with Crippen molar-refractivity contribution in [2.24, 2.45) is 0 Å². The molecule has 11 heteroatoms. The highest BCUT2D eigenvalue weighted by molar-refractivity contribution is 9.10. The lowest BCUT2D eigenvalue weighted by Crippen LogP contribution is -2.17. The van der Waals surface area contributed by atoms with Crippen molar-refractivity contribution in [1.29, 1.82) is 0 Å². The number of aromatic nitrogens is 4. The number of H-pyrrole nitrogens is 1. The minimum absolute atomic E-state index is 0.0352. The van der Waals surface area contributed by atoms with Gasteiger partial charge in [-0.3, -0.25) is 9.89 Å². The number of halogens is 4. The third kappa shape index (κ3) is 4.48. The Balaban J connectivity index is 1.67. The highest BCUT2D eigenvalue weighted by atomic mass is 79.9. The monoisotopic (exact) mass is 443 g/mol. The molecule has 0 fully saturated rings. The second-order valence-corrected chi connectivity index (χ2v) is 6.41. The number of alkyl halides is 3. The predicted molar refractivity (Wildman–Crippen MR) is 93.3 cm³/mol. The normalized spacial score (nSPS) is 11.4. The number of amides is 1. The summed E-state index contributed by atoms with van der Waals surface area (Å²) in [6.07, 6.45) is -3.20. The topological polar surface area (TPSA) is 84.8 Å². The Hall–Kier alpha value is -2.82. The summed E-state index contributed by atoms with van der Waals surface area (Å²) in [5.74, 6) is -0.184. The van der Waals surface area contributed by atoms with Crippen LogP contribution in [0.3, 0.4) is 0 Å². The molecule has 0 radical (unpaired) electrons. The van der Waals surface area contributed by atoms with Gasteiger partial charge in [0.25, 0.3) is 5.91 Å². The standard InChI is InChI=1S/C16H13BrF3N5O2/c1-9-13(14(23-22-9)16(18,19)20)21-15(26)12-6-7-25(24-12)8-27-11-4-2-10(17)3-5-11/h2-7H,8H2,1H3,(H,21,26)(H,22,23). The number of hydrogen-bond acceptors (Lipinski definition) is 4. The van der Waals surface area contributed by atoms with E-state index in [1.807, 2.05) is 12.1 Å². The number of benzene rings is 1. The van der Waals surface area contributed by atoms with E-state index in [0.717, 1.165) is 4.47 Å². The van der Waals surface area contributed by atoms with Crippen LogP contribution in [-0.2, 0) is 12.9 Å². The molecule has 3 rings (SSSR count). The molecule has 142 valence electrons. The van der Waals surface area contributed by atoms with Crippen LogP contribution in [0.4, 0.5) is 18.9 Å². The van der Waals surface area contributed by atoms with Gasteiger partial charge in [0, 0.05) is 10.7 Å². The van der Waals surface area contributed by atoms with Gasteiger partial charge in [0.1, 0.15) is 5.75 Å². The number of aryl methyl sites for hydroxylation is 1. The van der Waals surface area contributed by atoms with Crippen LogP contribution in [0.15, 0.2) is 41.0 Å². The van der Waals surface area contributed by atoms with Gasteiger partial charge >= 0.3 is 6.18 Å². The molecule has 2 N–H and O–H groups in total. The van der Waals surface area contributed by atoms with E-state index in [-0.39, 0.29) is 18.1 Å². The predicted octanol–water partition coefficient (Wildman–Crippen LogP) is 3.98. The number of aromatic amines is 1. The maximum atomic E-state index is 12.9. The van der Waals surface area contributed by atoms with Crippen molar-refractivity contribution in [2.45, 2.75) is 19.8 Å². The summed E-state index contributed by atoms with van der Waals surface area (Å²) in [6, 6.07) is 8.50. The van der Waals surface area contributed by atoms with E-state index < -0.39 is 23.5 Å². The smallest absolute Gasteiger partial charge is 0.437 e. The Morgan fingerprint density at radius 3 is 2.67 bits per heavy atom. The molecule has 2 aromatic heterocycles.